The van der Waals surface area contributed by atoms with Crippen LogP contribution in [-0.4, -0.2) is 39.1 Å². The molecule has 4 rings (SSSR count). The fourth-order valence-electron chi connectivity index (χ4n) is 6.32. The van der Waals surface area contributed by atoms with Crippen molar-refractivity contribution in [2.24, 2.45) is 35.5 Å². The van der Waals surface area contributed by atoms with Crippen LogP contribution in [0.2, 0.25) is 0 Å². The first kappa shape index (κ1) is 26.6. The highest BCUT2D eigenvalue weighted by atomic mass is 16.6. The summed E-state index contributed by atoms with van der Waals surface area (Å²) in [6.07, 6.45) is 7.34. The van der Waals surface area contributed by atoms with Crippen LogP contribution in [0, 0.1) is 35.5 Å². The number of hydrogen-bond acceptors (Lipinski definition) is 7. The number of ether oxygens (including phenoxy) is 3. The van der Waals surface area contributed by atoms with Gasteiger partial charge in [-0.3, -0.25) is 4.79 Å². The molecule has 3 aliphatic rings. The van der Waals surface area contributed by atoms with Crippen LogP contribution in [0.25, 0.3) is 0 Å². The SMILES string of the molecule is C=C(C(=O)OCc1cn(C2OC(C)[C@H](C)[C@H](C)[C@@H]2OC(C)=O)nn1)[C@@H]1CC[C@@H](C)[C@@H]2CCC(C)=C[C@@H]21. The Bertz CT molecular complexity index is 1020. The van der Waals surface area contributed by atoms with Crippen LogP contribution in [0.4, 0.5) is 0 Å². The van der Waals surface area contributed by atoms with Gasteiger partial charge in [0.2, 0.25) is 0 Å². The first-order chi connectivity index (χ1) is 17.1. The minimum Gasteiger partial charge on any atom is -0.457 e. The van der Waals surface area contributed by atoms with Crippen molar-refractivity contribution in [2.75, 3.05) is 0 Å². The number of carbonyl (C=O) groups is 2. The maximum Gasteiger partial charge on any atom is 0.334 e. The zero-order valence-electron chi connectivity index (χ0n) is 22.5. The average Bonchev–Trinajstić information content (AvgIpc) is 3.31. The number of rotatable bonds is 6. The lowest BCUT2D eigenvalue weighted by Gasteiger charge is -2.43. The summed E-state index contributed by atoms with van der Waals surface area (Å²) < 4.78 is 18.9. The van der Waals surface area contributed by atoms with Crippen LogP contribution >= 0.6 is 0 Å². The van der Waals surface area contributed by atoms with Gasteiger partial charge < -0.3 is 14.2 Å². The lowest BCUT2D eigenvalue weighted by Crippen LogP contribution is -2.47. The van der Waals surface area contributed by atoms with Crippen molar-refractivity contribution in [1.82, 2.24) is 15.0 Å². The number of aromatic nitrogens is 3. The summed E-state index contributed by atoms with van der Waals surface area (Å²) in [7, 11) is 0. The molecule has 1 aromatic heterocycles. The highest BCUT2D eigenvalue weighted by molar-refractivity contribution is 5.88. The van der Waals surface area contributed by atoms with E-state index in [4.69, 9.17) is 14.2 Å². The minimum absolute atomic E-state index is 0.00357. The summed E-state index contributed by atoms with van der Waals surface area (Å²) in [6.45, 7) is 16.2. The van der Waals surface area contributed by atoms with Crippen LogP contribution in [0.15, 0.2) is 30.0 Å². The van der Waals surface area contributed by atoms with Crippen molar-refractivity contribution in [3.05, 3.63) is 35.7 Å². The molecular formula is C28H41N3O5. The molecule has 0 aromatic carbocycles. The molecule has 0 spiro atoms. The average molecular weight is 500 g/mol. The molecule has 0 bridgehead atoms. The molecule has 1 saturated carbocycles. The Balaban J connectivity index is 1.40. The van der Waals surface area contributed by atoms with E-state index in [9.17, 15) is 9.59 Å². The molecule has 0 N–H and O–H groups in total. The molecule has 1 saturated heterocycles. The number of fused-ring (bicyclic) bond motifs is 1. The van der Waals surface area contributed by atoms with E-state index in [0.29, 0.717) is 29.0 Å². The Hall–Kier alpha value is -2.48. The summed E-state index contributed by atoms with van der Waals surface area (Å²) in [5.41, 5.74) is 2.46. The Morgan fingerprint density at radius 1 is 1.17 bits per heavy atom. The largest absolute Gasteiger partial charge is 0.457 e. The third-order valence-corrected chi connectivity index (χ3v) is 8.88. The van der Waals surface area contributed by atoms with Crippen molar-refractivity contribution >= 4 is 11.9 Å². The third-order valence-electron chi connectivity index (χ3n) is 8.88. The maximum absolute atomic E-state index is 13.0. The Morgan fingerprint density at radius 3 is 2.64 bits per heavy atom. The second kappa shape index (κ2) is 10.9. The molecule has 9 atom stereocenters. The van der Waals surface area contributed by atoms with Crippen LogP contribution < -0.4 is 0 Å². The zero-order valence-corrected chi connectivity index (χ0v) is 22.5. The summed E-state index contributed by atoms with van der Waals surface area (Å²) in [5.74, 6) is 1.30. The van der Waals surface area contributed by atoms with Gasteiger partial charge >= 0.3 is 11.9 Å². The zero-order chi connectivity index (χ0) is 26.1. The monoisotopic (exact) mass is 499 g/mol. The number of hydrogen-bond donors (Lipinski definition) is 0. The lowest BCUT2D eigenvalue weighted by atomic mass is 9.61. The van der Waals surface area contributed by atoms with Crippen molar-refractivity contribution in [2.45, 2.75) is 92.3 Å². The summed E-state index contributed by atoms with van der Waals surface area (Å²) in [5, 5.41) is 8.38. The van der Waals surface area contributed by atoms with Crippen LogP contribution in [0.5, 0.6) is 0 Å². The van der Waals surface area contributed by atoms with Crippen molar-refractivity contribution in [3.8, 4) is 0 Å². The van der Waals surface area contributed by atoms with E-state index in [1.165, 1.54) is 18.9 Å². The predicted molar refractivity (Wildman–Crippen MR) is 134 cm³/mol. The van der Waals surface area contributed by atoms with Gasteiger partial charge in [0.15, 0.2) is 12.3 Å². The van der Waals surface area contributed by atoms with Crippen LogP contribution in [0.3, 0.4) is 0 Å². The van der Waals surface area contributed by atoms with Gasteiger partial charge in [-0.2, -0.15) is 0 Å². The number of esters is 2. The van der Waals surface area contributed by atoms with E-state index in [-0.39, 0.29) is 42.4 Å². The normalized spacial score (nSPS) is 36.4. The van der Waals surface area contributed by atoms with Gasteiger partial charge in [0.05, 0.1) is 12.3 Å². The molecule has 198 valence electrons. The van der Waals surface area contributed by atoms with E-state index in [2.05, 4.69) is 50.7 Å². The van der Waals surface area contributed by atoms with Gasteiger partial charge in [-0.15, -0.1) is 5.10 Å². The van der Waals surface area contributed by atoms with Gasteiger partial charge in [-0.05, 0) is 69.1 Å². The molecule has 2 fully saturated rings. The molecule has 8 nitrogen and oxygen atoms in total. The van der Waals surface area contributed by atoms with Crippen molar-refractivity contribution in [3.63, 3.8) is 0 Å². The number of allylic oxidation sites excluding steroid dienone is 2. The summed E-state index contributed by atoms with van der Waals surface area (Å²) in [4.78, 5) is 24.7. The third kappa shape index (κ3) is 5.43. The van der Waals surface area contributed by atoms with Gasteiger partial charge in [-0.1, -0.05) is 44.2 Å². The van der Waals surface area contributed by atoms with Gasteiger partial charge in [0.25, 0.3) is 0 Å². The first-order valence-electron chi connectivity index (χ1n) is 13.3. The smallest absolute Gasteiger partial charge is 0.334 e. The Kier molecular flexibility index (Phi) is 8.03. The molecule has 2 unspecified atom stereocenters. The van der Waals surface area contributed by atoms with E-state index in [1.54, 1.807) is 10.9 Å². The second-order valence-electron chi connectivity index (χ2n) is 11.3. The van der Waals surface area contributed by atoms with Gasteiger partial charge in [0.1, 0.15) is 12.3 Å². The van der Waals surface area contributed by atoms with E-state index in [1.807, 2.05) is 6.92 Å². The van der Waals surface area contributed by atoms with Gasteiger partial charge in [0, 0.05) is 18.4 Å². The molecule has 1 aliphatic heterocycles. The lowest BCUT2D eigenvalue weighted by molar-refractivity contribution is -0.215. The highest BCUT2D eigenvalue weighted by Gasteiger charge is 2.44. The quantitative estimate of drug-likeness (QED) is 0.308. The second-order valence-corrected chi connectivity index (χ2v) is 11.3. The Morgan fingerprint density at radius 2 is 1.92 bits per heavy atom. The number of nitrogens with zero attached hydrogens (tertiary/aromatic N) is 3. The fourth-order valence-corrected chi connectivity index (χ4v) is 6.32. The van der Waals surface area contributed by atoms with E-state index < -0.39 is 12.3 Å². The molecule has 0 amide bonds. The fraction of sp³-hybridized carbons (Fsp3) is 0.714. The van der Waals surface area contributed by atoms with Crippen molar-refractivity contribution < 1.29 is 23.8 Å². The molecule has 2 aliphatic carbocycles. The van der Waals surface area contributed by atoms with Crippen molar-refractivity contribution in [1.29, 1.82) is 0 Å². The molecular weight excluding hydrogens is 458 g/mol. The minimum atomic E-state index is -0.593. The van der Waals surface area contributed by atoms with E-state index in [0.717, 1.165) is 19.3 Å². The molecule has 0 radical (unpaired) electrons. The topological polar surface area (TPSA) is 92.5 Å². The molecule has 1 aromatic rings. The number of carbonyl (C=O) groups excluding carboxylic acids is 2. The molecule has 2 heterocycles. The summed E-state index contributed by atoms with van der Waals surface area (Å²) in [6, 6.07) is 0. The van der Waals surface area contributed by atoms with Crippen LogP contribution in [0.1, 0.15) is 79.1 Å². The Labute approximate surface area is 214 Å². The van der Waals surface area contributed by atoms with Crippen LogP contribution in [-0.2, 0) is 30.4 Å². The molecule has 8 heteroatoms. The van der Waals surface area contributed by atoms with E-state index >= 15 is 0 Å². The highest BCUT2D eigenvalue weighted by Crippen LogP contribution is 2.47. The maximum atomic E-state index is 13.0. The predicted octanol–water partition coefficient (Wildman–Crippen LogP) is 5.02. The standard InChI is InChI=1S/C28H41N3O5/c1-15-8-10-23-16(2)9-11-24(25(23)12-15)19(5)28(33)34-14-22-13-31(30-29-22)27-26(36-21(7)32)18(4)17(3)20(6)35-27/h12-13,16-18,20,23-27H,5,8-11,14H2,1-4,6-7H3/t16-,17-,18+,20?,23+,24+,25+,26+,27?/m1/s1. The summed E-state index contributed by atoms with van der Waals surface area (Å²) >= 11 is 0. The van der Waals surface area contributed by atoms with Gasteiger partial charge in [-0.25, -0.2) is 9.48 Å². The first-order valence-corrected chi connectivity index (χ1v) is 13.3. The molecule has 36 heavy (non-hydrogen) atoms.